The maximum absolute atomic E-state index is 12.4. The number of para-hydroxylation sites is 1. The van der Waals surface area contributed by atoms with Crippen LogP contribution >= 0.6 is 0 Å². The van der Waals surface area contributed by atoms with Gasteiger partial charge in [0.2, 0.25) is 11.8 Å². The van der Waals surface area contributed by atoms with E-state index in [1.165, 1.54) is 12.8 Å². The fraction of sp³-hybridized carbons (Fsp3) is 0.429. The Hall–Kier alpha value is -2.76. The van der Waals surface area contributed by atoms with E-state index in [2.05, 4.69) is 10.3 Å². The zero-order chi connectivity index (χ0) is 18.6. The number of carbonyl (C=O) groups is 1. The monoisotopic (exact) mass is 368 g/mol. The number of nitrogens with zero attached hydrogens (tertiary/aromatic N) is 1. The number of anilines is 1. The molecule has 1 saturated carbocycles. The summed E-state index contributed by atoms with van der Waals surface area (Å²) in [5.41, 5.74) is 2.17. The zero-order valence-electron chi connectivity index (χ0n) is 15.5. The normalized spacial score (nSPS) is 16.2. The highest BCUT2D eigenvalue weighted by molar-refractivity contribution is 5.92. The van der Waals surface area contributed by atoms with Crippen LogP contribution in [0.15, 0.2) is 30.3 Å². The lowest BCUT2D eigenvalue weighted by Crippen LogP contribution is -2.16. The number of hydrogen-bond donors (Lipinski definition) is 1. The van der Waals surface area contributed by atoms with Crippen LogP contribution in [0.3, 0.4) is 0 Å². The van der Waals surface area contributed by atoms with Crippen LogP contribution in [0.1, 0.15) is 32.1 Å². The molecule has 0 spiro atoms. The number of fused-ring (bicyclic) bond motifs is 1. The molecule has 1 aromatic carbocycles. The molecule has 1 aromatic heterocycles. The van der Waals surface area contributed by atoms with E-state index in [0.29, 0.717) is 54.3 Å². The van der Waals surface area contributed by atoms with Crippen molar-refractivity contribution in [3.05, 3.63) is 30.3 Å². The fourth-order valence-electron chi connectivity index (χ4n) is 3.78. The van der Waals surface area contributed by atoms with Gasteiger partial charge in [-0.25, -0.2) is 4.98 Å². The minimum atomic E-state index is 0.0378. The van der Waals surface area contributed by atoms with Crippen molar-refractivity contribution in [1.29, 1.82) is 0 Å². The lowest BCUT2D eigenvalue weighted by molar-refractivity contribution is -0.117. The van der Waals surface area contributed by atoms with Crippen LogP contribution in [0.4, 0.5) is 5.69 Å². The Morgan fingerprint density at radius 1 is 1.22 bits per heavy atom. The lowest BCUT2D eigenvalue weighted by Gasteiger charge is -2.21. The van der Waals surface area contributed by atoms with Gasteiger partial charge in [0.05, 0.1) is 12.8 Å². The van der Waals surface area contributed by atoms with Crippen LogP contribution < -0.4 is 19.5 Å². The molecule has 2 aliphatic rings. The zero-order valence-corrected chi connectivity index (χ0v) is 15.5. The second-order valence-electron chi connectivity index (χ2n) is 7.02. The average Bonchev–Trinajstić information content (AvgIpc) is 3.20. The quantitative estimate of drug-likeness (QED) is 0.862. The number of carbonyl (C=O) groups excluding carboxylic acids is 1. The third-order valence-electron chi connectivity index (χ3n) is 5.09. The van der Waals surface area contributed by atoms with Crippen molar-refractivity contribution in [2.45, 2.75) is 32.1 Å². The van der Waals surface area contributed by atoms with E-state index < -0.39 is 0 Å². The number of rotatable bonds is 5. The molecule has 0 atom stereocenters. The molecule has 1 N–H and O–H groups in total. The van der Waals surface area contributed by atoms with Crippen LogP contribution in [0, 0.1) is 5.92 Å². The summed E-state index contributed by atoms with van der Waals surface area (Å²) in [6.45, 7) is 1.03. The number of amides is 1. The Balaban J connectivity index is 1.60. The molecule has 6 heteroatoms. The number of aromatic nitrogens is 1. The summed E-state index contributed by atoms with van der Waals surface area (Å²) in [7, 11) is 1.57. The Kier molecular flexibility index (Phi) is 5.14. The highest BCUT2D eigenvalue weighted by Crippen LogP contribution is 2.40. The molecule has 1 fully saturated rings. The molecule has 1 aliphatic heterocycles. The van der Waals surface area contributed by atoms with Crippen molar-refractivity contribution < 1.29 is 19.0 Å². The smallest absolute Gasteiger partial charge is 0.224 e. The predicted octanol–water partition coefficient (Wildman–Crippen LogP) is 4.05. The summed E-state index contributed by atoms with van der Waals surface area (Å²) in [5.74, 6) is 2.36. The molecule has 2 aromatic rings. The van der Waals surface area contributed by atoms with Crippen molar-refractivity contribution in [3.63, 3.8) is 0 Å². The van der Waals surface area contributed by atoms with Crippen LogP contribution in [0.25, 0.3) is 11.3 Å². The number of pyridine rings is 1. The first-order valence-electron chi connectivity index (χ1n) is 9.48. The van der Waals surface area contributed by atoms with Gasteiger partial charge in [0.25, 0.3) is 0 Å². The van der Waals surface area contributed by atoms with Crippen molar-refractivity contribution in [2.24, 2.45) is 5.92 Å². The lowest BCUT2D eigenvalue weighted by atomic mass is 10.0. The van der Waals surface area contributed by atoms with Crippen LogP contribution in [-0.2, 0) is 4.79 Å². The Bertz CT molecular complexity index is 831. The Morgan fingerprint density at radius 2 is 2.04 bits per heavy atom. The molecular weight excluding hydrogens is 344 g/mol. The van der Waals surface area contributed by atoms with E-state index in [1.807, 2.05) is 24.3 Å². The molecule has 0 unspecified atom stereocenters. The van der Waals surface area contributed by atoms with E-state index >= 15 is 0 Å². The minimum absolute atomic E-state index is 0.0378. The molecule has 0 radical (unpaired) electrons. The number of methoxy groups -OCH3 is 1. The van der Waals surface area contributed by atoms with E-state index in [1.54, 1.807) is 13.2 Å². The summed E-state index contributed by atoms with van der Waals surface area (Å²) in [4.78, 5) is 17.0. The highest BCUT2D eigenvalue weighted by Gasteiger charge is 2.21. The van der Waals surface area contributed by atoms with Crippen molar-refractivity contribution in [2.75, 3.05) is 25.6 Å². The van der Waals surface area contributed by atoms with E-state index in [4.69, 9.17) is 14.2 Å². The maximum atomic E-state index is 12.4. The minimum Gasteiger partial charge on any atom is -0.486 e. The van der Waals surface area contributed by atoms with Crippen molar-refractivity contribution >= 4 is 11.6 Å². The molecule has 0 saturated heterocycles. The van der Waals surface area contributed by atoms with E-state index in [-0.39, 0.29) is 5.91 Å². The summed E-state index contributed by atoms with van der Waals surface area (Å²) >= 11 is 0. The number of benzene rings is 1. The fourth-order valence-corrected chi connectivity index (χ4v) is 3.78. The van der Waals surface area contributed by atoms with Gasteiger partial charge in [-0.2, -0.15) is 0 Å². The standard InChI is InChI=1S/C21H24N2O4/c1-25-20-13-15(22-19(24)11-14-5-2-3-6-14)12-17(23-20)16-7-4-8-18-21(16)27-10-9-26-18/h4,7-8,12-14H,2-3,5-6,9-11H2,1H3,(H,22,23,24). The molecular formula is C21H24N2O4. The maximum Gasteiger partial charge on any atom is 0.224 e. The highest BCUT2D eigenvalue weighted by atomic mass is 16.6. The van der Waals surface area contributed by atoms with Crippen molar-refractivity contribution in [1.82, 2.24) is 4.98 Å². The molecule has 142 valence electrons. The molecule has 0 bridgehead atoms. The van der Waals surface area contributed by atoms with Gasteiger partial charge in [0.15, 0.2) is 11.5 Å². The Morgan fingerprint density at radius 3 is 2.85 bits per heavy atom. The van der Waals surface area contributed by atoms with Gasteiger partial charge in [-0.3, -0.25) is 4.79 Å². The SMILES string of the molecule is COc1cc(NC(=O)CC2CCCC2)cc(-c2cccc3c2OCCO3)n1. The first kappa shape index (κ1) is 17.6. The second kappa shape index (κ2) is 7.86. The van der Waals surface area contributed by atoms with Crippen LogP contribution in [0.5, 0.6) is 17.4 Å². The Labute approximate surface area is 158 Å². The van der Waals surface area contributed by atoms with Gasteiger partial charge < -0.3 is 19.5 Å². The number of nitrogens with one attached hydrogen (secondary N) is 1. The molecule has 2 heterocycles. The summed E-state index contributed by atoms with van der Waals surface area (Å²) in [6, 6.07) is 9.30. The van der Waals surface area contributed by atoms with Gasteiger partial charge in [0, 0.05) is 23.7 Å². The topological polar surface area (TPSA) is 69.7 Å². The van der Waals surface area contributed by atoms with E-state index in [0.717, 1.165) is 18.4 Å². The molecule has 27 heavy (non-hydrogen) atoms. The molecule has 6 nitrogen and oxygen atoms in total. The second-order valence-corrected chi connectivity index (χ2v) is 7.02. The average molecular weight is 368 g/mol. The predicted molar refractivity (Wildman–Crippen MR) is 102 cm³/mol. The van der Waals surface area contributed by atoms with Crippen molar-refractivity contribution in [3.8, 4) is 28.6 Å². The summed E-state index contributed by atoms with van der Waals surface area (Å²) in [6.07, 6.45) is 5.31. The third-order valence-corrected chi connectivity index (χ3v) is 5.09. The summed E-state index contributed by atoms with van der Waals surface area (Å²) in [5, 5.41) is 3.00. The summed E-state index contributed by atoms with van der Waals surface area (Å²) < 4.78 is 16.8. The van der Waals surface area contributed by atoms with Crippen LogP contribution in [-0.4, -0.2) is 31.2 Å². The molecule has 1 aliphatic carbocycles. The van der Waals surface area contributed by atoms with E-state index in [9.17, 15) is 4.79 Å². The first-order chi connectivity index (χ1) is 13.2. The van der Waals surface area contributed by atoms with Gasteiger partial charge in [-0.05, 0) is 37.0 Å². The number of hydrogen-bond acceptors (Lipinski definition) is 5. The van der Waals surface area contributed by atoms with Gasteiger partial charge in [-0.1, -0.05) is 18.9 Å². The molecule has 1 amide bonds. The van der Waals surface area contributed by atoms with Gasteiger partial charge >= 0.3 is 0 Å². The molecule has 4 rings (SSSR count). The third kappa shape index (κ3) is 3.99. The first-order valence-corrected chi connectivity index (χ1v) is 9.48. The van der Waals surface area contributed by atoms with Gasteiger partial charge in [-0.15, -0.1) is 0 Å². The van der Waals surface area contributed by atoms with Gasteiger partial charge in [0.1, 0.15) is 13.2 Å². The van der Waals surface area contributed by atoms with Crippen LogP contribution in [0.2, 0.25) is 0 Å². The largest absolute Gasteiger partial charge is 0.486 e. The number of ether oxygens (including phenoxy) is 3.